The van der Waals surface area contributed by atoms with Gasteiger partial charge in [0.15, 0.2) is 0 Å². The maximum absolute atomic E-state index is 13.8. The number of halogens is 3. The number of aromatic amines is 1. The first-order valence-corrected chi connectivity index (χ1v) is 11.9. The number of H-pyrrole nitrogens is 1. The van der Waals surface area contributed by atoms with E-state index < -0.39 is 11.7 Å². The Bertz CT molecular complexity index is 1350. The number of hydrogen-bond donors (Lipinski definition) is 4. The second-order valence-corrected chi connectivity index (χ2v) is 9.64. The van der Waals surface area contributed by atoms with E-state index in [4.69, 9.17) is 5.73 Å². The van der Waals surface area contributed by atoms with E-state index >= 15 is 0 Å². The molecule has 1 aromatic carbocycles. The molecule has 7 nitrogen and oxygen atoms in total. The third-order valence-corrected chi connectivity index (χ3v) is 6.79. The molecule has 4 aromatic rings. The Labute approximate surface area is 206 Å². The van der Waals surface area contributed by atoms with Crippen LogP contribution in [0.1, 0.15) is 43.9 Å². The average molecular weight is 496 g/mol. The lowest BCUT2D eigenvalue weighted by Gasteiger charge is -2.39. The number of anilines is 2. The van der Waals surface area contributed by atoms with Gasteiger partial charge in [0.05, 0.1) is 23.3 Å². The summed E-state index contributed by atoms with van der Waals surface area (Å²) in [7, 11) is 0. The maximum Gasteiger partial charge on any atom is 0.419 e. The first-order valence-electron chi connectivity index (χ1n) is 11.9. The zero-order valence-electron chi connectivity index (χ0n) is 19.9. The van der Waals surface area contributed by atoms with E-state index in [1.54, 1.807) is 24.5 Å². The lowest BCUT2D eigenvalue weighted by atomic mass is 9.80. The number of nitrogens with two attached hydrogens (primary N) is 1. The second-order valence-electron chi connectivity index (χ2n) is 9.64. The monoisotopic (exact) mass is 495 g/mol. The number of alkyl halides is 3. The van der Waals surface area contributed by atoms with Gasteiger partial charge in [-0.15, -0.1) is 0 Å². The predicted octanol–water partition coefficient (Wildman–Crippen LogP) is 5.52. The van der Waals surface area contributed by atoms with Crippen LogP contribution in [0.15, 0.2) is 55.0 Å². The highest BCUT2D eigenvalue weighted by atomic mass is 19.4. The predicted molar refractivity (Wildman–Crippen MR) is 134 cm³/mol. The summed E-state index contributed by atoms with van der Waals surface area (Å²) in [5.41, 5.74) is 7.23. The van der Waals surface area contributed by atoms with Crippen molar-refractivity contribution < 1.29 is 13.2 Å². The molecule has 0 amide bonds. The standard InChI is InChI=1S/C26H28F3N7/c1-25(34-13-18-9-8-16(30)12-31-18)10-4-5-17(11-25)35-24-33-15-21(26(27,28)29)23(36-24)20-14-32-22-7-3-2-6-19(20)22/h2-3,6-9,12,14-15,17,32,34H,4-5,10-11,13,30H2,1H3,(H,33,35,36)/t17-,25+/m1/s1. The zero-order chi connectivity index (χ0) is 25.3. The molecular weight excluding hydrogens is 467 g/mol. The molecule has 2 atom stereocenters. The van der Waals surface area contributed by atoms with Crippen LogP contribution in [0.3, 0.4) is 0 Å². The van der Waals surface area contributed by atoms with Crippen LogP contribution in [0.4, 0.5) is 24.8 Å². The van der Waals surface area contributed by atoms with Gasteiger partial charge in [0, 0.05) is 47.0 Å². The molecule has 1 saturated carbocycles. The third kappa shape index (κ3) is 5.13. The maximum atomic E-state index is 13.8. The van der Waals surface area contributed by atoms with Crippen LogP contribution in [0.5, 0.6) is 0 Å². The largest absolute Gasteiger partial charge is 0.419 e. The van der Waals surface area contributed by atoms with E-state index in [9.17, 15) is 13.2 Å². The lowest BCUT2D eigenvalue weighted by molar-refractivity contribution is -0.137. The van der Waals surface area contributed by atoms with Gasteiger partial charge in [-0.25, -0.2) is 9.97 Å². The van der Waals surface area contributed by atoms with Crippen molar-refractivity contribution in [2.75, 3.05) is 11.1 Å². The summed E-state index contributed by atoms with van der Waals surface area (Å²) in [5.74, 6) is 0.192. The summed E-state index contributed by atoms with van der Waals surface area (Å²) in [6.45, 7) is 2.76. The van der Waals surface area contributed by atoms with Crippen LogP contribution in [-0.4, -0.2) is 31.5 Å². The Balaban J connectivity index is 1.36. The molecular formula is C26H28F3N7. The fraction of sp³-hybridized carbons (Fsp3) is 0.346. The number of fused-ring (bicyclic) bond motifs is 1. The normalized spacial score (nSPS) is 20.5. The molecule has 36 heavy (non-hydrogen) atoms. The number of hydrogen-bond acceptors (Lipinski definition) is 6. The van der Waals surface area contributed by atoms with Crippen molar-refractivity contribution in [1.82, 2.24) is 25.3 Å². The number of pyridine rings is 1. The number of nitrogens with zero attached hydrogens (tertiary/aromatic N) is 3. The van der Waals surface area contributed by atoms with E-state index in [1.165, 1.54) is 0 Å². The summed E-state index contributed by atoms with van der Waals surface area (Å²) in [6, 6.07) is 11.0. The lowest BCUT2D eigenvalue weighted by Crippen LogP contribution is -2.48. The minimum absolute atomic E-state index is 0.0168. The molecule has 1 fully saturated rings. The van der Waals surface area contributed by atoms with Gasteiger partial charge in [0.1, 0.15) is 5.56 Å². The minimum atomic E-state index is -4.57. The molecule has 0 radical (unpaired) electrons. The fourth-order valence-electron chi connectivity index (χ4n) is 4.93. The molecule has 5 rings (SSSR count). The highest BCUT2D eigenvalue weighted by Gasteiger charge is 2.37. The molecule has 0 spiro atoms. The Hall–Kier alpha value is -3.66. The summed E-state index contributed by atoms with van der Waals surface area (Å²) >= 11 is 0. The smallest absolute Gasteiger partial charge is 0.397 e. The first kappa shape index (κ1) is 24.1. The highest BCUT2D eigenvalue weighted by molar-refractivity contribution is 5.95. The van der Waals surface area contributed by atoms with Gasteiger partial charge in [-0.2, -0.15) is 13.2 Å². The van der Waals surface area contributed by atoms with Crippen LogP contribution in [-0.2, 0) is 12.7 Å². The van der Waals surface area contributed by atoms with Crippen LogP contribution in [0.2, 0.25) is 0 Å². The van der Waals surface area contributed by atoms with Gasteiger partial charge in [-0.3, -0.25) is 4.98 Å². The van der Waals surface area contributed by atoms with Crippen molar-refractivity contribution in [3.8, 4) is 11.3 Å². The molecule has 0 unspecified atom stereocenters. The molecule has 10 heteroatoms. The van der Waals surface area contributed by atoms with Gasteiger partial charge in [-0.05, 0) is 50.8 Å². The fourth-order valence-corrected chi connectivity index (χ4v) is 4.93. The molecule has 3 heterocycles. The topological polar surface area (TPSA) is 105 Å². The number of nitrogens with one attached hydrogen (secondary N) is 3. The van der Waals surface area contributed by atoms with Crippen molar-refractivity contribution in [3.05, 3.63) is 66.2 Å². The van der Waals surface area contributed by atoms with Crippen LogP contribution in [0.25, 0.3) is 22.2 Å². The first-order chi connectivity index (χ1) is 17.2. The quantitative estimate of drug-likeness (QED) is 0.281. The zero-order valence-corrected chi connectivity index (χ0v) is 19.9. The Morgan fingerprint density at radius 1 is 1.14 bits per heavy atom. The number of nitrogen functional groups attached to an aromatic ring is 1. The van der Waals surface area contributed by atoms with Crippen LogP contribution >= 0.6 is 0 Å². The molecule has 188 valence electrons. The summed E-state index contributed by atoms with van der Waals surface area (Å²) in [5, 5.41) is 7.57. The summed E-state index contributed by atoms with van der Waals surface area (Å²) in [6.07, 6.45) is 3.10. The van der Waals surface area contributed by atoms with Crippen LogP contribution < -0.4 is 16.4 Å². The van der Waals surface area contributed by atoms with E-state index in [0.717, 1.165) is 43.1 Å². The molecule has 1 aliphatic rings. The Morgan fingerprint density at radius 3 is 2.75 bits per heavy atom. The van der Waals surface area contributed by atoms with Crippen molar-refractivity contribution in [3.63, 3.8) is 0 Å². The Morgan fingerprint density at radius 2 is 1.97 bits per heavy atom. The minimum Gasteiger partial charge on any atom is -0.397 e. The van der Waals surface area contributed by atoms with Crippen molar-refractivity contribution in [2.45, 2.75) is 56.9 Å². The van der Waals surface area contributed by atoms with E-state index in [1.807, 2.05) is 24.3 Å². The molecule has 5 N–H and O–H groups in total. The van der Waals surface area contributed by atoms with Gasteiger partial charge < -0.3 is 21.4 Å². The molecule has 1 aliphatic carbocycles. The van der Waals surface area contributed by atoms with Gasteiger partial charge in [-0.1, -0.05) is 18.2 Å². The van der Waals surface area contributed by atoms with E-state index in [2.05, 4.69) is 37.5 Å². The molecule has 0 saturated heterocycles. The Kier molecular flexibility index (Phi) is 6.29. The van der Waals surface area contributed by atoms with E-state index in [-0.39, 0.29) is 23.2 Å². The molecule has 0 aliphatic heterocycles. The van der Waals surface area contributed by atoms with Crippen molar-refractivity contribution >= 4 is 22.5 Å². The van der Waals surface area contributed by atoms with Gasteiger partial charge >= 0.3 is 6.18 Å². The van der Waals surface area contributed by atoms with Gasteiger partial charge in [0.2, 0.25) is 5.95 Å². The highest BCUT2D eigenvalue weighted by Crippen LogP contribution is 2.39. The van der Waals surface area contributed by atoms with Crippen molar-refractivity contribution in [2.24, 2.45) is 0 Å². The number of benzene rings is 1. The third-order valence-electron chi connectivity index (χ3n) is 6.79. The second kappa shape index (κ2) is 9.42. The number of rotatable bonds is 6. The average Bonchev–Trinajstić information content (AvgIpc) is 3.27. The molecule has 0 bridgehead atoms. The summed E-state index contributed by atoms with van der Waals surface area (Å²) in [4.78, 5) is 15.8. The van der Waals surface area contributed by atoms with E-state index in [0.29, 0.717) is 23.2 Å². The SMILES string of the molecule is C[C@]1(NCc2ccc(N)cn2)CCC[C@@H](Nc2ncc(C(F)(F)F)c(-c3c[nH]c4ccccc34)n2)C1. The summed E-state index contributed by atoms with van der Waals surface area (Å²) < 4.78 is 41.5. The number of aromatic nitrogens is 4. The van der Waals surface area contributed by atoms with Crippen molar-refractivity contribution in [1.29, 1.82) is 0 Å². The van der Waals surface area contributed by atoms with Crippen LogP contribution in [0, 0.1) is 0 Å². The number of para-hydroxylation sites is 1. The van der Waals surface area contributed by atoms with Gasteiger partial charge in [0.25, 0.3) is 0 Å². The molecule has 3 aromatic heterocycles.